The first-order valence-electron chi connectivity index (χ1n) is 8.49. The van der Waals surface area contributed by atoms with Gasteiger partial charge in [0.15, 0.2) is 0 Å². The fourth-order valence-corrected chi connectivity index (χ4v) is 2.90. The van der Waals surface area contributed by atoms with Gasteiger partial charge in [0.2, 0.25) is 0 Å². The highest BCUT2D eigenvalue weighted by Gasteiger charge is 2.11. The van der Waals surface area contributed by atoms with Gasteiger partial charge in [-0.1, -0.05) is 35.3 Å². The largest absolute Gasteiger partial charge is 0.388 e. The van der Waals surface area contributed by atoms with Crippen molar-refractivity contribution in [3.05, 3.63) is 64.1 Å². The number of hydrogen-bond acceptors (Lipinski definition) is 4. The van der Waals surface area contributed by atoms with Crippen molar-refractivity contribution in [1.29, 1.82) is 5.41 Å². The summed E-state index contributed by atoms with van der Waals surface area (Å²) in [7, 11) is 1.88. The van der Waals surface area contributed by atoms with Crippen LogP contribution in [0.5, 0.6) is 0 Å². The van der Waals surface area contributed by atoms with E-state index < -0.39 is 0 Å². The fraction of sp³-hybridized carbons (Fsp3) is 0.250. The van der Waals surface area contributed by atoms with Gasteiger partial charge in [0.1, 0.15) is 0 Å². The molecule has 1 heterocycles. The zero-order chi connectivity index (χ0) is 18.8. The molecule has 0 aliphatic carbocycles. The molecular formula is C20H24Cl2N4. The smallest absolute Gasteiger partial charge is 0.0498 e. The highest BCUT2D eigenvalue weighted by Crippen LogP contribution is 2.24. The van der Waals surface area contributed by atoms with E-state index in [1.54, 1.807) is 6.08 Å². The third-order valence-corrected chi connectivity index (χ3v) is 4.55. The molecule has 3 N–H and O–H groups in total. The summed E-state index contributed by atoms with van der Waals surface area (Å²) in [5, 5.41) is 14.8. The molecule has 2 aromatic carbocycles. The van der Waals surface area contributed by atoms with Crippen LogP contribution in [-0.4, -0.2) is 39.4 Å². The Kier molecular flexibility index (Phi) is 8.48. The van der Waals surface area contributed by atoms with Crippen molar-refractivity contribution >= 4 is 46.9 Å². The van der Waals surface area contributed by atoms with E-state index in [2.05, 4.69) is 21.6 Å². The Hall–Kier alpha value is -2.01. The second kappa shape index (κ2) is 10.9. The molecule has 26 heavy (non-hydrogen) atoms. The van der Waals surface area contributed by atoms with Crippen molar-refractivity contribution in [2.24, 2.45) is 0 Å². The molecule has 6 heteroatoms. The summed E-state index contributed by atoms with van der Waals surface area (Å²) < 4.78 is 0. The Balaban J connectivity index is 0.000000228. The standard InChI is InChI=1S/C13H16ClN3.C7H8ClN/c14-13-10-12(17-8-6-16-7-9-17)4-3-11(13)2-1-5-15;1-9-7-4-2-6(8)3-5-7/h1-5,10,15-16H,6-9H2;2-5,9H,1H3/b2-1+,15-5?;. The molecule has 0 spiro atoms. The minimum absolute atomic E-state index is 0.735. The molecule has 1 saturated heterocycles. The number of piperazine rings is 1. The average Bonchev–Trinajstić information content (AvgIpc) is 2.69. The molecule has 1 aliphatic rings. The van der Waals surface area contributed by atoms with Crippen LogP contribution < -0.4 is 15.5 Å². The van der Waals surface area contributed by atoms with E-state index in [0.717, 1.165) is 47.5 Å². The molecule has 3 rings (SSSR count). The third-order valence-electron chi connectivity index (χ3n) is 3.97. The normalized spacial score (nSPS) is 13.9. The molecule has 0 saturated carbocycles. The lowest BCUT2D eigenvalue weighted by Gasteiger charge is -2.29. The quantitative estimate of drug-likeness (QED) is 0.657. The highest BCUT2D eigenvalue weighted by atomic mass is 35.5. The second-order valence-electron chi connectivity index (χ2n) is 5.73. The molecule has 0 atom stereocenters. The van der Waals surface area contributed by atoms with Gasteiger partial charge in [-0.05, 0) is 48.0 Å². The second-order valence-corrected chi connectivity index (χ2v) is 6.57. The summed E-state index contributed by atoms with van der Waals surface area (Å²) in [6.45, 7) is 4.08. The van der Waals surface area contributed by atoms with Gasteiger partial charge in [0.25, 0.3) is 0 Å². The summed E-state index contributed by atoms with van der Waals surface area (Å²) in [5.74, 6) is 0. The number of rotatable bonds is 4. The molecule has 138 valence electrons. The Labute approximate surface area is 165 Å². The lowest BCUT2D eigenvalue weighted by atomic mass is 10.1. The predicted octanol–water partition coefficient (Wildman–Crippen LogP) is 4.79. The molecule has 0 bridgehead atoms. The van der Waals surface area contributed by atoms with E-state index >= 15 is 0 Å². The number of halogens is 2. The van der Waals surface area contributed by atoms with Crippen LogP contribution in [-0.2, 0) is 0 Å². The number of benzene rings is 2. The summed E-state index contributed by atoms with van der Waals surface area (Å²) in [4.78, 5) is 2.33. The van der Waals surface area contributed by atoms with Crippen LogP contribution in [0, 0.1) is 5.41 Å². The maximum atomic E-state index is 6.96. The average molecular weight is 391 g/mol. The maximum Gasteiger partial charge on any atom is 0.0498 e. The molecule has 0 amide bonds. The van der Waals surface area contributed by atoms with Crippen molar-refractivity contribution in [1.82, 2.24) is 5.32 Å². The lowest BCUT2D eigenvalue weighted by Crippen LogP contribution is -2.43. The molecule has 0 aromatic heterocycles. The third kappa shape index (κ3) is 6.37. The van der Waals surface area contributed by atoms with E-state index in [1.165, 1.54) is 11.9 Å². The first-order chi connectivity index (χ1) is 12.6. The van der Waals surface area contributed by atoms with Gasteiger partial charge in [0.05, 0.1) is 0 Å². The maximum absolute atomic E-state index is 6.96. The van der Waals surface area contributed by atoms with Crippen LogP contribution in [0.4, 0.5) is 11.4 Å². The van der Waals surface area contributed by atoms with Crippen molar-refractivity contribution in [3.63, 3.8) is 0 Å². The summed E-state index contributed by atoms with van der Waals surface area (Å²) >= 11 is 11.9. The summed E-state index contributed by atoms with van der Waals surface area (Å²) in [6, 6.07) is 13.7. The van der Waals surface area contributed by atoms with Gasteiger partial charge in [-0.15, -0.1) is 0 Å². The van der Waals surface area contributed by atoms with E-state index in [9.17, 15) is 0 Å². The summed E-state index contributed by atoms with van der Waals surface area (Å²) in [5.41, 5.74) is 3.21. The van der Waals surface area contributed by atoms with Gasteiger partial charge in [-0.3, -0.25) is 0 Å². The van der Waals surface area contributed by atoms with Crippen molar-refractivity contribution in [2.75, 3.05) is 43.4 Å². The van der Waals surface area contributed by atoms with Gasteiger partial charge < -0.3 is 20.9 Å². The van der Waals surface area contributed by atoms with Crippen molar-refractivity contribution in [2.45, 2.75) is 0 Å². The molecule has 4 nitrogen and oxygen atoms in total. The van der Waals surface area contributed by atoms with Gasteiger partial charge in [-0.2, -0.15) is 0 Å². The molecule has 0 unspecified atom stereocenters. The topological polar surface area (TPSA) is 51.2 Å². The van der Waals surface area contributed by atoms with Crippen LogP contribution >= 0.6 is 23.2 Å². The summed E-state index contributed by atoms with van der Waals surface area (Å²) in [6.07, 6.45) is 4.77. The van der Waals surface area contributed by atoms with Gasteiger partial charge >= 0.3 is 0 Å². The molecule has 1 aliphatic heterocycles. The Morgan fingerprint density at radius 1 is 1.08 bits per heavy atom. The minimum Gasteiger partial charge on any atom is -0.388 e. The number of nitrogens with one attached hydrogen (secondary N) is 3. The van der Waals surface area contributed by atoms with Crippen LogP contribution in [0.2, 0.25) is 10.0 Å². The van der Waals surface area contributed by atoms with Crippen LogP contribution in [0.15, 0.2) is 48.5 Å². The number of hydrogen-bond donors (Lipinski definition) is 3. The molecular weight excluding hydrogens is 367 g/mol. The SMILES string of the molecule is CNc1ccc(Cl)cc1.N=C/C=C/c1ccc(N2CCNCC2)cc1Cl. The predicted molar refractivity (Wildman–Crippen MR) is 115 cm³/mol. The number of anilines is 2. The number of allylic oxidation sites excluding steroid dienone is 1. The fourth-order valence-electron chi connectivity index (χ4n) is 2.54. The zero-order valence-corrected chi connectivity index (χ0v) is 16.3. The van der Waals surface area contributed by atoms with Crippen LogP contribution in [0.25, 0.3) is 6.08 Å². The highest BCUT2D eigenvalue weighted by molar-refractivity contribution is 6.32. The van der Waals surface area contributed by atoms with Gasteiger partial charge in [0, 0.05) is 60.9 Å². The molecule has 0 radical (unpaired) electrons. The van der Waals surface area contributed by atoms with E-state index in [4.69, 9.17) is 28.6 Å². The van der Waals surface area contributed by atoms with Crippen molar-refractivity contribution in [3.8, 4) is 0 Å². The molecule has 2 aromatic rings. The Morgan fingerprint density at radius 3 is 2.35 bits per heavy atom. The van der Waals surface area contributed by atoms with Crippen LogP contribution in [0.1, 0.15) is 5.56 Å². The van der Waals surface area contributed by atoms with E-state index in [1.807, 2.05) is 49.5 Å². The van der Waals surface area contributed by atoms with Crippen molar-refractivity contribution < 1.29 is 0 Å². The Bertz CT molecular complexity index is 723. The van der Waals surface area contributed by atoms with Crippen LogP contribution in [0.3, 0.4) is 0 Å². The molecule has 1 fully saturated rings. The minimum atomic E-state index is 0.735. The Morgan fingerprint density at radius 2 is 1.77 bits per heavy atom. The first kappa shape index (κ1) is 20.3. The van der Waals surface area contributed by atoms with E-state index in [0.29, 0.717) is 0 Å². The first-order valence-corrected chi connectivity index (χ1v) is 9.25. The zero-order valence-electron chi connectivity index (χ0n) is 14.8. The monoisotopic (exact) mass is 390 g/mol. The number of nitrogens with zero attached hydrogens (tertiary/aromatic N) is 1. The van der Waals surface area contributed by atoms with E-state index in [-0.39, 0.29) is 0 Å². The van der Waals surface area contributed by atoms with Gasteiger partial charge in [-0.25, -0.2) is 0 Å². The lowest BCUT2D eigenvalue weighted by molar-refractivity contribution is 0.589.